The van der Waals surface area contributed by atoms with Gasteiger partial charge in [0.25, 0.3) is 0 Å². The third kappa shape index (κ3) is 2.79. The van der Waals surface area contributed by atoms with E-state index in [0.29, 0.717) is 16.3 Å². The number of hydrogen-bond donors (Lipinski definition) is 1. The van der Waals surface area contributed by atoms with Crippen LogP contribution in [-0.2, 0) is 0 Å². The molecular formula is C14H17ClN4S. The van der Waals surface area contributed by atoms with Crippen LogP contribution < -0.4 is 5.32 Å². The van der Waals surface area contributed by atoms with Crippen LogP contribution in [0.1, 0.15) is 19.8 Å². The second kappa shape index (κ2) is 6.06. The van der Waals surface area contributed by atoms with Gasteiger partial charge in [-0.1, -0.05) is 24.6 Å². The summed E-state index contributed by atoms with van der Waals surface area (Å²) in [6.07, 6.45) is 5.64. The molecule has 0 aliphatic carbocycles. The number of nitrogens with one attached hydrogen (secondary N) is 1. The van der Waals surface area contributed by atoms with Gasteiger partial charge in [0.05, 0.1) is 10.7 Å². The summed E-state index contributed by atoms with van der Waals surface area (Å²) in [5.41, 5.74) is 1.89. The van der Waals surface area contributed by atoms with Crippen LogP contribution in [-0.4, -0.2) is 31.8 Å². The summed E-state index contributed by atoms with van der Waals surface area (Å²) in [5.74, 6) is 1.25. The van der Waals surface area contributed by atoms with E-state index in [1.807, 2.05) is 23.9 Å². The molecule has 0 spiro atoms. The first-order chi connectivity index (χ1) is 9.75. The molecule has 20 heavy (non-hydrogen) atoms. The molecule has 2 heterocycles. The standard InChI is InChI=1S/C14H17ClN4S/c1-10-12(6-3-7-20-10)18-13-5-2-4-11(15)14(13)19-9-16-8-17-19/h2,4-5,8-10,12,18H,3,6-7H2,1H3. The predicted molar refractivity (Wildman–Crippen MR) is 84.9 cm³/mol. The van der Waals surface area contributed by atoms with Crippen LogP contribution in [0.15, 0.2) is 30.9 Å². The number of halogens is 1. The number of aromatic nitrogens is 3. The van der Waals surface area contributed by atoms with Gasteiger partial charge in [0.15, 0.2) is 0 Å². The number of thioether (sulfide) groups is 1. The molecule has 1 aromatic heterocycles. The Morgan fingerprint density at radius 1 is 1.45 bits per heavy atom. The zero-order valence-electron chi connectivity index (χ0n) is 11.3. The first-order valence-corrected chi connectivity index (χ1v) is 8.20. The van der Waals surface area contributed by atoms with Crippen molar-refractivity contribution in [2.45, 2.75) is 31.1 Å². The zero-order chi connectivity index (χ0) is 13.9. The van der Waals surface area contributed by atoms with Gasteiger partial charge in [-0.2, -0.15) is 16.9 Å². The van der Waals surface area contributed by atoms with Crippen molar-refractivity contribution >= 4 is 29.1 Å². The van der Waals surface area contributed by atoms with E-state index in [2.05, 4.69) is 28.4 Å². The minimum atomic E-state index is 0.467. The Bertz CT molecular complexity index is 573. The first-order valence-electron chi connectivity index (χ1n) is 6.77. The van der Waals surface area contributed by atoms with Gasteiger partial charge in [0.1, 0.15) is 18.3 Å². The molecule has 1 aliphatic rings. The van der Waals surface area contributed by atoms with Gasteiger partial charge in [0, 0.05) is 11.3 Å². The topological polar surface area (TPSA) is 42.7 Å². The lowest BCUT2D eigenvalue weighted by atomic mass is 10.1. The molecule has 1 aliphatic heterocycles. The number of rotatable bonds is 3. The van der Waals surface area contributed by atoms with Gasteiger partial charge in [-0.25, -0.2) is 9.67 Å². The highest BCUT2D eigenvalue weighted by Gasteiger charge is 2.23. The van der Waals surface area contributed by atoms with E-state index in [1.54, 1.807) is 11.0 Å². The highest BCUT2D eigenvalue weighted by molar-refractivity contribution is 8.00. The van der Waals surface area contributed by atoms with Crippen molar-refractivity contribution in [1.29, 1.82) is 0 Å². The maximum absolute atomic E-state index is 6.34. The summed E-state index contributed by atoms with van der Waals surface area (Å²) in [4.78, 5) is 4.00. The fourth-order valence-corrected chi connectivity index (χ4v) is 3.90. The second-order valence-electron chi connectivity index (χ2n) is 4.95. The predicted octanol–water partition coefficient (Wildman–Crippen LogP) is 3.62. The second-order valence-corrected chi connectivity index (χ2v) is 6.84. The van der Waals surface area contributed by atoms with E-state index in [-0.39, 0.29) is 0 Å². The molecule has 0 bridgehead atoms. The van der Waals surface area contributed by atoms with Crippen LogP contribution in [0, 0.1) is 0 Å². The summed E-state index contributed by atoms with van der Waals surface area (Å²) in [7, 11) is 0. The van der Waals surface area contributed by atoms with E-state index in [9.17, 15) is 0 Å². The number of benzene rings is 1. The van der Waals surface area contributed by atoms with Gasteiger partial charge in [-0.15, -0.1) is 0 Å². The van der Waals surface area contributed by atoms with Crippen LogP contribution in [0.3, 0.4) is 0 Å². The molecule has 2 aromatic rings. The molecule has 4 nitrogen and oxygen atoms in total. The Morgan fingerprint density at radius 3 is 3.10 bits per heavy atom. The Morgan fingerprint density at radius 2 is 2.35 bits per heavy atom. The van der Waals surface area contributed by atoms with E-state index < -0.39 is 0 Å². The van der Waals surface area contributed by atoms with Crippen LogP contribution in [0.5, 0.6) is 0 Å². The summed E-state index contributed by atoms with van der Waals surface area (Å²) in [6.45, 7) is 2.28. The summed E-state index contributed by atoms with van der Waals surface area (Å²) < 4.78 is 1.71. The normalized spacial score (nSPS) is 22.7. The fourth-order valence-electron chi connectivity index (χ4n) is 2.50. The van der Waals surface area contributed by atoms with E-state index >= 15 is 0 Å². The number of nitrogens with zero attached hydrogens (tertiary/aromatic N) is 3. The first kappa shape index (κ1) is 13.8. The third-order valence-corrected chi connectivity index (χ3v) is 5.27. The van der Waals surface area contributed by atoms with Crippen molar-refractivity contribution in [3.63, 3.8) is 0 Å². The maximum atomic E-state index is 6.34. The van der Waals surface area contributed by atoms with Gasteiger partial charge < -0.3 is 5.32 Å². The Labute approximate surface area is 127 Å². The Balaban J connectivity index is 1.91. The molecule has 1 N–H and O–H groups in total. The molecule has 1 fully saturated rings. The lowest BCUT2D eigenvalue weighted by molar-refractivity contribution is 0.617. The van der Waals surface area contributed by atoms with Crippen molar-refractivity contribution < 1.29 is 0 Å². The fraction of sp³-hybridized carbons (Fsp3) is 0.429. The molecular weight excluding hydrogens is 292 g/mol. The van der Waals surface area contributed by atoms with Crippen LogP contribution in [0.2, 0.25) is 5.02 Å². The number of anilines is 1. The minimum absolute atomic E-state index is 0.467. The molecule has 6 heteroatoms. The molecule has 106 valence electrons. The highest BCUT2D eigenvalue weighted by Crippen LogP contribution is 2.32. The van der Waals surface area contributed by atoms with Crippen molar-refractivity contribution in [1.82, 2.24) is 14.8 Å². The van der Waals surface area contributed by atoms with Crippen molar-refractivity contribution in [3.05, 3.63) is 35.9 Å². The van der Waals surface area contributed by atoms with Crippen molar-refractivity contribution in [2.75, 3.05) is 11.1 Å². The van der Waals surface area contributed by atoms with Gasteiger partial charge >= 0.3 is 0 Å². The van der Waals surface area contributed by atoms with E-state index in [0.717, 1.165) is 11.4 Å². The van der Waals surface area contributed by atoms with Gasteiger partial charge in [-0.05, 0) is 30.7 Å². The van der Waals surface area contributed by atoms with Crippen LogP contribution in [0.4, 0.5) is 5.69 Å². The molecule has 0 saturated carbocycles. The average molecular weight is 309 g/mol. The average Bonchev–Trinajstić information content (AvgIpc) is 2.95. The molecule has 1 saturated heterocycles. The van der Waals surface area contributed by atoms with Crippen LogP contribution >= 0.6 is 23.4 Å². The van der Waals surface area contributed by atoms with Crippen LogP contribution in [0.25, 0.3) is 5.69 Å². The minimum Gasteiger partial charge on any atom is -0.379 e. The molecule has 3 rings (SSSR count). The SMILES string of the molecule is CC1SCCCC1Nc1cccc(Cl)c1-n1cncn1. The molecule has 2 atom stereocenters. The zero-order valence-corrected chi connectivity index (χ0v) is 12.9. The molecule has 0 amide bonds. The van der Waals surface area contributed by atoms with Crippen molar-refractivity contribution in [3.8, 4) is 5.69 Å². The third-order valence-electron chi connectivity index (χ3n) is 3.58. The smallest absolute Gasteiger partial charge is 0.138 e. The quantitative estimate of drug-likeness (QED) is 0.940. The van der Waals surface area contributed by atoms with Crippen molar-refractivity contribution in [2.24, 2.45) is 0 Å². The molecule has 0 radical (unpaired) electrons. The monoisotopic (exact) mass is 308 g/mol. The summed E-state index contributed by atoms with van der Waals surface area (Å²) >= 11 is 8.36. The van der Waals surface area contributed by atoms with Gasteiger partial charge in [-0.3, -0.25) is 0 Å². The summed E-state index contributed by atoms with van der Waals surface area (Å²) in [5, 5.41) is 9.11. The Kier molecular flexibility index (Phi) is 4.17. The highest BCUT2D eigenvalue weighted by atomic mass is 35.5. The largest absolute Gasteiger partial charge is 0.379 e. The lowest BCUT2D eigenvalue weighted by Gasteiger charge is -2.30. The lowest BCUT2D eigenvalue weighted by Crippen LogP contribution is -2.33. The Hall–Kier alpha value is -1.20. The maximum Gasteiger partial charge on any atom is 0.138 e. The van der Waals surface area contributed by atoms with E-state index in [4.69, 9.17) is 11.6 Å². The van der Waals surface area contributed by atoms with E-state index in [1.165, 1.54) is 24.9 Å². The number of para-hydroxylation sites is 1. The molecule has 1 aromatic carbocycles. The van der Waals surface area contributed by atoms with Gasteiger partial charge in [0.2, 0.25) is 0 Å². The molecule has 2 unspecified atom stereocenters. The summed E-state index contributed by atoms with van der Waals surface area (Å²) in [6, 6.07) is 6.36. The number of hydrogen-bond acceptors (Lipinski definition) is 4.